The number of hydrogen-bond donors (Lipinski definition) is 2. The molecule has 0 saturated heterocycles. The highest BCUT2D eigenvalue weighted by atomic mass is 32.1. The lowest BCUT2D eigenvalue weighted by molar-refractivity contribution is -0.385. The molecule has 7 heteroatoms. The lowest BCUT2D eigenvalue weighted by Crippen LogP contribution is -2.37. The minimum Gasteiger partial charge on any atom is -0.383 e. The number of nitrogens with one attached hydrogen (secondary N) is 1. The summed E-state index contributed by atoms with van der Waals surface area (Å²) in [6, 6.07) is 9.77. The van der Waals surface area contributed by atoms with Crippen LogP contribution in [0.2, 0.25) is 0 Å². The summed E-state index contributed by atoms with van der Waals surface area (Å²) in [6.07, 6.45) is 2.60. The molecule has 0 radical (unpaired) electrons. The number of rotatable bonds is 6. The van der Waals surface area contributed by atoms with Gasteiger partial charge in [-0.3, -0.25) is 14.9 Å². The van der Waals surface area contributed by atoms with E-state index in [9.17, 15) is 20.0 Å². The highest BCUT2D eigenvalue weighted by Gasteiger charge is 2.24. The Bertz CT molecular complexity index is 723. The first kappa shape index (κ1) is 16.9. The Kier molecular flexibility index (Phi) is 5.25. The maximum atomic E-state index is 11.8. The fraction of sp³-hybridized carbons (Fsp3) is 0.188. The maximum absolute atomic E-state index is 11.8. The predicted molar refractivity (Wildman–Crippen MR) is 89.0 cm³/mol. The number of hydrogen-bond acceptors (Lipinski definition) is 5. The van der Waals surface area contributed by atoms with Crippen LogP contribution in [0.15, 0.2) is 47.9 Å². The standard InChI is InChI=1S/C16H16N2O4S/c1-16(20,14-7-4-10-23-14)11-17-15(19)9-8-12-5-2-3-6-13(12)18(21)22/h2-10,20H,11H2,1H3,(H,17,19). The number of nitro benzene ring substituents is 1. The van der Waals surface area contributed by atoms with Gasteiger partial charge in [-0.05, 0) is 30.5 Å². The van der Waals surface area contributed by atoms with Gasteiger partial charge < -0.3 is 10.4 Å². The summed E-state index contributed by atoms with van der Waals surface area (Å²) >= 11 is 1.40. The van der Waals surface area contributed by atoms with Crippen molar-refractivity contribution in [1.29, 1.82) is 0 Å². The van der Waals surface area contributed by atoms with Gasteiger partial charge in [-0.1, -0.05) is 18.2 Å². The van der Waals surface area contributed by atoms with Gasteiger partial charge in [0.05, 0.1) is 17.0 Å². The second kappa shape index (κ2) is 7.17. The fourth-order valence-electron chi connectivity index (χ4n) is 1.95. The van der Waals surface area contributed by atoms with Crippen molar-refractivity contribution in [1.82, 2.24) is 5.32 Å². The van der Waals surface area contributed by atoms with Gasteiger partial charge in [-0.2, -0.15) is 0 Å². The zero-order valence-corrected chi connectivity index (χ0v) is 13.2. The molecule has 0 bridgehead atoms. The molecular weight excluding hydrogens is 316 g/mol. The van der Waals surface area contributed by atoms with Crippen molar-refractivity contribution < 1.29 is 14.8 Å². The van der Waals surface area contributed by atoms with Gasteiger partial charge in [0.15, 0.2) is 0 Å². The zero-order valence-electron chi connectivity index (χ0n) is 12.4. The van der Waals surface area contributed by atoms with Crippen LogP contribution in [-0.4, -0.2) is 22.5 Å². The van der Waals surface area contributed by atoms with E-state index in [2.05, 4.69) is 5.32 Å². The summed E-state index contributed by atoms with van der Waals surface area (Å²) < 4.78 is 0. The van der Waals surface area contributed by atoms with E-state index in [0.29, 0.717) is 5.56 Å². The van der Waals surface area contributed by atoms with Crippen LogP contribution in [-0.2, 0) is 10.4 Å². The third kappa shape index (κ3) is 4.48. The van der Waals surface area contributed by atoms with E-state index < -0.39 is 16.4 Å². The Balaban J connectivity index is 1.99. The third-order valence-electron chi connectivity index (χ3n) is 3.21. The van der Waals surface area contributed by atoms with Crippen molar-refractivity contribution in [3.63, 3.8) is 0 Å². The minimum atomic E-state index is -1.16. The Morgan fingerprint density at radius 1 is 1.39 bits per heavy atom. The van der Waals surface area contributed by atoms with E-state index in [-0.39, 0.29) is 12.2 Å². The largest absolute Gasteiger partial charge is 0.383 e. The summed E-state index contributed by atoms with van der Waals surface area (Å²) in [5.41, 5.74) is -0.879. The summed E-state index contributed by atoms with van der Waals surface area (Å²) in [4.78, 5) is 23.0. The molecule has 0 aliphatic rings. The van der Waals surface area contributed by atoms with Crippen molar-refractivity contribution in [2.75, 3.05) is 6.54 Å². The molecule has 2 N–H and O–H groups in total. The van der Waals surface area contributed by atoms with Gasteiger partial charge in [0.1, 0.15) is 5.60 Å². The predicted octanol–water partition coefficient (Wildman–Crippen LogP) is 2.69. The molecule has 6 nitrogen and oxygen atoms in total. The van der Waals surface area contributed by atoms with Gasteiger partial charge in [-0.25, -0.2) is 0 Å². The summed E-state index contributed by atoms with van der Waals surface area (Å²) in [6.45, 7) is 1.67. The van der Waals surface area contributed by atoms with Gasteiger partial charge in [0.2, 0.25) is 5.91 Å². The molecule has 0 fully saturated rings. The third-order valence-corrected chi connectivity index (χ3v) is 4.33. The van der Waals surface area contributed by atoms with Crippen LogP contribution in [0.4, 0.5) is 5.69 Å². The van der Waals surface area contributed by atoms with Crippen molar-refractivity contribution in [2.24, 2.45) is 0 Å². The lowest BCUT2D eigenvalue weighted by Gasteiger charge is -2.21. The first-order chi connectivity index (χ1) is 10.9. The van der Waals surface area contributed by atoms with E-state index in [4.69, 9.17) is 0 Å². The minimum absolute atomic E-state index is 0.0492. The Morgan fingerprint density at radius 3 is 2.78 bits per heavy atom. The van der Waals surface area contributed by atoms with E-state index in [0.717, 1.165) is 4.88 Å². The molecular formula is C16H16N2O4S. The second-order valence-electron chi connectivity index (χ2n) is 5.12. The fourth-order valence-corrected chi connectivity index (χ4v) is 2.74. The van der Waals surface area contributed by atoms with Crippen LogP contribution >= 0.6 is 11.3 Å². The summed E-state index contributed by atoms with van der Waals surface area (Å²) in [5.74, 6) is -0.431. The summed E-state index contributed by atoms with van der Waals surface area (Å²) in [5, 5.41) is 25.6. The van der Waals surface area contributed by atoms with Crippen molar-refractivity contribution >= 4 is 29.0 Å². The van der Waals surface area contributed by atoms with E-state index in [1.807, 2.05) is 11.4 Å². The molecule has 1 atom stereocenters. The topological polar surface area (TPSA) is 92.5 Å². The van der Waals surface area contributed by atoms with Crippen LogP contribution < -0.4 is 5.32 Å². The molecule has 1 amide bonds. The smallest absolute Gasteiger partial charge is 0.276 e. The molecule has 2 rings (SSSR count). The van der Waals surface area contributed by atoms with Crippen molar-refractivity contribution in [3.05, 3.63) is 68.4 Å². The van der Waals surface area contributed by atoms with Crippen molar-refractivity contribution in [2.45, 2.75) is 12.5 Å². The molecule has 0 saturated carbocycles. The van der Waals surface area contributed by atoms with Gasteiger partial charge in [0.25, 0.3) is 5.69 Å². The monoisotopic (exact) mass is 332 g/mol. The molecule has 1 unspecified atom stereocenters. The first-order valence-corrected chi connectivity index (χ1v) is 7.74. The number of nitro groups is 1. The number of para-hydroxylation sites is 1. The number of nitrogens with zero attached hydrogens (tertiary/aromatic N) is 1. The van der Waals surface area contributed by atoms with E-state index in [1.54, 1.807) is 31.2 Å². The van der Waals surface area contributed by atoms with Crippen LogP contribution in [0.1, 0.15) is 17.4 Å². The number of benzene rings is 1. The second-order valence-corrected chi connectivity index (χ2v) is 6.07. The van der Waals surface area contributed by atoms with Crippen LogP contribution in [0.5, 0.6) is 0 Å². The maximum Gasteiger partial charge on any atom is 0.276 e. The van der Waals surface area contributed by atoms with E-state index >= 15 is 0 Å². The number of carbonyl (C=O) groups excluding carboxylic acids is 1. The van der Waals surface area contributed by atoms with Crippen molar-refractivity contribution in [3.8, 4) is 0 Å². The Hall–Kier alpha value is -2.51. The normalized spacial score (nSPS) is 13.7. The first-order valence-electron chi connectivity index (χ1n) is 6.86. The molecule has 120 valence electrons. The SMILES string of the molecule is CC(O)(CNC(=O)C=Cc1ccccc1[N+](=O)[O-])c1cccs1. The zero-order chi connectivity index (χ0) is 16.9. The average Bonchev–Trinajstić information content (AvgIpc) is 3.06. The highest BCUT2D eigenvalue weighted by molar-refractivity contribution is 7.10. The Labute approximate surface area is 137 Å². The average molecular weight is 332 g/mol. The lowest BCUT2D eigenvalue weighted by atomic mass is 10.1. The number of aliphatic hydroxyl groups is 1. The molecule has 1 aromatic carbocycles. The molecule has 0 aliphatic heterocycles. The van der Waals surface area contributed by atoms with Crippen LogP contribution in [0, 0.1) is 10.1 Å². The molecule has 1 aromatic heterocycles. The summed E-state index contributed by atoms with van der Waals surface area (Å²) in [7, 11) is 0. The highest BCUT2D eigenvalue weighted by Crippen LogP contribution is 2.24. The molecule has 0 spiro atoms. The molecule has 1 heterocycles. The van der Waals surface area contributed by atoms with Gasteiger partial charge >= 0.3 is 0 Å². The molecule has 0 aliphatic carbocycles. The van der Waals surface area contributed by atoms with E-state index in [1.165, 1.54) is 29.6 Å². The van der Waals surface area contributed by atoms with Gasteiger partial charge in [-0.15, -0.1) is 11.3 Å². The van der Waals surface area contributed by atoms with Crippen LogP contribution in [0.3, 0.4) is 0 Å². The van der Waals surface area contributed by atoms with Gasteiger partial charge in [0, 0.05) is 17.0 Å². The number of amides is 1. The number of thiophene rings is 1. The Morgan fingerprint density at radius 2 is 2.13 bits per heavy atom. The molecule has 2 aromatic rings. The van der Waals surface area contributed by atoms with Crippen LogP contribution in [0.25, 0.3) is 6.08 Å². The quantitative estimate of drug-likeness (QED) is 0.483. The number of carbonyl (C=O) groups is 1. The molecule has 23 heavy (non-hydrogen) atoms.